The SMILES string of the molecule is COc1ccc(OC)c(CN(C(C)=O)c2ccc(Br)nc2Oc2ccccc2)c1. The maximum Gasteiger partial charge on any atom is 0.244 e. The molecular weight excluding hydrogens is 436 g/mol. The highest BCUT2D eigenvalue weighted by Crippen LogP contribution is 2.34. The van der Waals surface area contributed by atoms with Crippen LogP contribution < -0.4 is 19.1 Å². The molecule has 0 spiro atoms. The Labute approximate surface area is 178 Å². The van der Waals surface area contributed by atoms with E-state index in [1.54, 1.807) is 31.3 Å². The number of amides is 1. The van der Waals surface area contributed by atoms with Gasteiger partial charge in [0.1, 0.15) is 27.5 Å². The van der Waals surface area contributed by atoms with Gasteiger partial charge in [-0.15, -0.1) is 0 Å². The maximum atomic E-state index is 12.6. The van der Waals surface area contributed by atoms with Crippen molar-refractivity contribution in [1.29, 1.82) is 0 Å². The van der Waals surface area contributed by atoms with Crippen molar-refractivity contribution in [3.63, 3.8) is 0 Å². The summed E-state index contributed by atoms with van der Waals surface area (Å²) in [6.45, 7) is 1.77. The van der Waals surface area contributed by atoms with Gasteiger partial charge in [0.05, 0.1) is 20.8 Å². The number of carbonyl (C=O) groups is 1. The van der Waals surface area contributed by atoms with E-state index in [0.717, 1.165) is 5.56 Å². The summed E-state index contributed by atoms with van der Waals surface area (Å²) >= 11 is 3.37. The fraction of sp³-hybridized carbons (Fsp3) is 0.182. The minimum Gasteiger partial charge on any atom is -0.497 e. The standard InChI is InChI=1S/C22H21BrN2O4/c1-15(26)25(14-16-13-18(27-2)9-11-20(16)28-3)19-10-12-21(23)24-22(19)29-17-7-5-4-6-8-17/h4-13H,14H2,1-3H3. The molecule has 2 aromatic carbocycles. The summed E-state index contributed by atoms with van der Waals surface area (Å²) in [5, 5.41) is 0. The molecule has 0 aliphatic rings. The molecule has 0 saturated carbocycles. The summed E-state index contributed by atoms with van der Waals surface area (Å²) < 4.78 is 17.4. The number of hydrogen-bond acceptors (Lipinski definition) is 5. The molecule has 6 nitrogen and oxygen atoms in total. The Bertz CT molecular complexity index is 995. The highest BCUT2D eigenvalue weighted by atomic mass is 79.9. The molecule has 1 aromatic heterocycles. The van der Waals surface area contributed by atoms with E-state index >= 15 is 0 Å². The van der Waals surface area contributed by atoms with Gasteiger partial charge in [0.2, 0.25) is 11.8 Å². The average molecular weight is 457 g/mol. The van der Waals surface area contributed by atoms with Crippen LogP contribution in [0.3, 0.4) is 0 Å². The minimum atomic E-state index is -0.156. The van der Waals surface area contributed by atoms with Gasteiger partial charge in [-0.05, 0) is 58.4 Å². The van der Waals surface area contributed by atoms with Crippen molar-refractivity contribution in [2.24, 2.45) is 0 Å². The second kappa shape index (κ2) is 9.43. The summed E-state index contributed by atoms with van der Waals surface area (Å²) in [6.07, 6.45) is 0. The quantitative estimate of drug-likeness (QED) is 0.456. The van der Waals surface area contributed by atoms with Gasteiger partial charge in [-0.25, -0.2) is 4.98 Å². The van der Waals surface area contributed by atoms with Crippen LogP contribution in [0.15, 0.2) is 65.3 Å². The van der Waals surface area contributed by atoms with Gasteiger partial charge in [0, 0.05) is 12.5 Å². The van der Waals surface area contributed by atoms with Crippen molar-refractivity contribution >= 4 is 27.5 Å². The van der Waals surface area contributed by atoms with E-state index in [9.17, 15) is 4.79 Å². The summed E-state index contributed by atoms with van der Waals surface area (Å²) in [6, 6.07) is 18.3. The summed E-state index contributed by atoms with van der Waals surface area (Å²) in [7, 11) is 3.19. The predicted molar refractivity (Wildman–Crippen MR) is 115 cm³/mol. The number of halogens is 1. The first-order chi connectivity index (χ1) is 14.0. The van der Waals surface area contributed by atoms with Crippen LogP contribution in [0, 0.1) is 0 Å². The fourth-order valence-electron chi connectivity index (χ4n) is 2.83. The van der Waals surface area contributed by atoms with Crippen molar-refractivity contribution in [3.8, 4) is 23.1 Å². The molecular formula is C22H21BrN2O4. The Hall–Kier alpha value is -3.06. The lowest BCUT2D eigenvalue weighted by Gasteiger charge is -2.24. The molecule has 0 aliphatic carbocycles. The molecule has 150 valence electrons. The summed E-state index contributed by atoms with van der Waals surface area (Å²) in [4.78, 5) is 18.6. The Balaban J connectivity index is 2.01. The second-order valence-electron chi connectivity index (χ2n) is 6.16. The highest BCUT2D eigenvalue weighted by molar-refractivity contribution is 9.10. The van der Waals surface area contributed by atoms with E-state index in [0.29, 0.717) is 33.4 Å². The lowest BCUT2D eigenvalue weighted by Crippen LogP contribution is -2.28. The van der Waals surface area contributed by atoms with E-state index in [1.165, 1.54) is 6.92 Å². The number of hydrogen-bond donors (Lipinski definition) is 0. The first kappa shape index (κ1) is 20.7. The van der Waals surface area contributed by atoms with Crippen molar-refractivity contribution < 1.29 is 19.0 Å². The van der Waals surface area contributed by atoms with Crippen LogP contribution in [0.25, 0.3) is 0 Å². The van der Waals surface area contributed by atoms with Crippen LogP contribution in [-0.4, -0.2) is 25.1 Å². The molecule has 0 radical (unpaired) electrons. The van der Waals surface area contributed by atoms with Crippen molar-refractivity contribution in [1.82, 2.24) is 4.98 Å². The minimum absolute atomic E-state index is 0.156. The Morgan fingerprint density at radius 1 is 1.00 bits per heavy atom. The van der Waals surface area contributed by atoms with Crippen LogP contribution in [0.4, 0.5) is 5.69 Å². The number of benzene rings is 2. The zero-order valence-corrected chi connectivity index (χ0v) is 18.0. The number of methoxy groups -OCH3 is 2. The molecule has 7 heteroatoms. The van der Waals surface area contributed by atoms with E-state index in [4.69, 9.17) is 14.2 Å². The predicted octanol–water partition coefficient (Wildman–Crippen LogP) is 5.21. The number of pyridine rings is 1. The zero-order valence-electron chi connectivity index (χ0n) is 16.4. The van der Waals surface area contributed by atoms with Crippen LogP contribution >= 0.6 is 15.9 Å². The van der Waals surface area contributed by atoms with Crippen molar-refractivity contribution in [2.45, 2.75) is 13.5 Å². The molecule has 1 amide bonds. The first-order valence-corrected chi connectivity index (χ1v) is 9.69. The normalized spacial score (nSPS) is 10.3. The van der Waals surface area contributed by atoms with Gasteiger partial charge in [0.25, 0.3) is 0 Å². The smallest absolute Gasteiger partial charge is 0.244 e. The molecule has 3 rings (SSSR count). The molecule has 0 unspecified atom stereocenters. The molecule has 0 atom stereocenters. The Morgan fingerprint density at radius 3 is 2.41 bits per heavy atom. The van der Waals surface area contributed by atoms with Crippen molar-refractivity contribution in [2.75, 3.05) is 19.1 Å². The third-order valence-electron chi connectivity index (χ3n) is 4.25. The van der Waals surface area contributed by atoms with Gasteiger partial charge in [-0.3, -0.25) is 4.79 Å². The molecule has 0 aliphatic heterocycles. The number of rotatable bonds is 7. The average Bonchev–Trinajstić information content (AvgIpc) is 2.73. The monoisotopic (exact) mass is 456 g/mol. The van der Waals surface area contributed by atoms with Gasteiger partial charge in [-0.1, -0.05) is 18.2 Å². The van der Waals surface area contributed by atoms with E-state index in [-0.39, 0.29) is 12.5 Å². The molecule has 3 aromatic rings. The molecule has 0 fully saturated rings. The van der Waals surface area contributed by atoms with Crippen LogP contribution in [0.2, 0.25) is 0 Å². The Kier molecular flexibility index (Phi) is 6.72. The van der Waals surface area contributed by atoms with E-state index in [1.807, 2.05) is 48.5 Å². The maximum absolute atomic E-state index is 12.6. The molecule has 29 heavy (non-hydrogen) atoms. The number of anilines is 1. The van der Waals surface area contributed by atoms with E-state index < -0.39 is 0 Å². The van der Waals surface area contributed by atoms with E-state index in [2.05, 4.69) is 20.9 Å². The van der Waals surface area contributed by atoms with Crippen LogP contribution in [0.5, 0.6) is 23.1 Å². The number of aromatic nitrogens is 1. The Morgan fingerprint density at radius 2 is 1.76 bits per heavy atom. The lowest BCUT2D eigenvalue weighted by atomic mass is 10.1. The van der Waals surface area contributed by atoms with Gasteiger partial charge < -0.3 is 19.1 Å². The molecule has 1 heterocycles. The van der Waals surface area contributed by atoms with Gasteiger partial charge >= 0.3 is 0 Å². The summed E-state index contributed by atoms with van der Waals surface area (Å²) in [5.41, 5.74) is 1.35. The number of ether oxygens (including phenoxy) is 3. The number of nitrogens with zero attached hydrogens (tertiary/aromatic N) is 2. The number of para-hydroxylation sites is 1. The lowest BCUT2D eigenvalue weighted by molar-refractivity contribution is -0.116. The third-order valence-corrected chi connectivity index (χ3v) is 4.69. The second-order valence-corrected chi connectivity index (χ2v) is 6.97. The van der Waals surface area contributed by atoms with Gasteiger partial charge in [-0.2, -0.15) is 0 Å². The first-order valence-electron chi connectivity index (χ1n) is 8.90. The van der Waals surface area contributed by atoms with Crippen molar-refractivity contribution in [3.05, 3.63) is 70.8 Å². The topological polar surface area (TPSA) is 60.9 Å². The third kappa shape index (κ3) is 5.06. The van der Waals surface area contributed by atoms with Gasteiger partial charge in [0.15, 0.2) is 0 Å². The largest absolute Gasteiger partial charge is 0.497 e. The summed E-state index contributed by atoms with van der Waals surface area (Å²) in [5.74, 6) is 2.13. The molecule has 0 bridgehead atoms. The van der Waals surface area contributed by atoms with Crippen LogP contribution in [-0.2, 0) is 11.3 Å². The zero-order chi connectivity index (χ0) is 20.8. The molecule has 0 N–H and O–H groups in total. The van der Waals surface area contributed by atoms with Crippen LogP contribution in [0.1, 0.15) is 12.5 Å². The number of carbonyl (C=O) groups excluding carboxylic acids is 1. The highest BCUT2D eigenvalue weighted by Gasteiger charge is 2.21. The fourth-order valence-corrected chi connectivity index (χ4v) is 3.13. The molecule has 0 saturated heterocycles.